The van der Waals surface area contributed by atoms with Crippen LogP contribution in [-0.2, 0) is 10.2 Å². The molecule has 25 heavy (non-hydrogen) atoms. The van der Waals surface area contributed by atoms with Crippen molar-refractivity contribution in [3.05, 3.63) is 36.1 Å². The van der Waals surface area contributed by atoms with Crippen molar-refractivity contribution in [2.75, 3.05) is 12.4 Å². The second kappa shape index (κ2) is 5.27. The number of nitrogens with two attached hydrogens (primary N) is 1. The number of fused-ring (bicyclic) bond motifs is 1. The molecule has 0 spiro atoms. The molecule has 3 heterocycles. The Morgan fingerprint density at radius 3 is 2.76 bits per heavy atom. The summed E-state index contributed by atoms with van der Waals surface area (Å²) in [6.45, 7) is 0. The first kappa shape index (κ1) is 15.1. The molecule has 124 valence electrons. The zero-order valence-electron chi connectivity index (χ0n) is 13.4. The van der Waals surface area contributed by atoms with Crippen LogP contribution in [0.5, 0.6) is 0 Å². The lowest BCUT2D eigenvalue weighted by Gasteiger charge is -2.13. The Morgan fingerprint density at radius 2 is 2.16 bits per heavy atom. The van der Waals surface area contributed by atoms with Gasteiger partial charge in [0.15, 0.2) is 5.69 Å². The van der Waals surface area contributed by atoms with Crippen molar-refractivity contribution in [2.24, 2.45) is 5.73 Å². The molecule has 8 nitrogen and oxygen atoms in total. The first-order valence-corrected chi connectivity index (χ1v) is 7.72. The van der Waals surface area contributed by atoms with Crippen LogP contribution in [-0.4, -0.2) is 27.9 Å². The maximum absolute atomic E-state index is 11.8. The molecule has 0 aliphatic heterocycles. The number of primary amides is 1. The third kappa shape index (κ3) is 2.21. The van der Waals surface area contributed by atoms with Crippen molar-refractivity contribution in [2.45, 2.75) is 18.3 Å². The number of nitrogens with one attached hydrogen (secondary N) is 1. The van der Waals surface area contributed by atoms with E-state index in [0.29, 0.717) is 29.9 Å². The molecule has 1 saturated carbocycles. The van der Waals surface area contributed by atoms with E-state index in [0.717, 1.165) is 10.8 Å². The topological polar surface area (TPSA) is 131 Å². The van der Waals surface area contributed by atoms with E-state index in [9.17, 15) is 4.79 Å². The molecule has 1 aliphatic carbocycles. The molecule has 3 aromatic heterocycles. The summed E-state index contributed by atoms with van der Waals surface area (Å²) in [6, 6.07) is 3.77. The summed E-state index contributed by atoms with van der Waals surface area (Å²) in [5.41, 5.74) is 6.32. The summed E-state index contributed by atoms with van der Waals surface area (Å²) >= 11 is 0. The molecular formula is C17H14N6O2. The number of pyridine rings is 2. The average Bonchev–Trinajstić information content (AvgIpc) is 3.32. The summed E-state index contributed by atoms with van der Waals surface area (Å²) < 4.78 is 5.41. The fourth-order valence-corrected chi connectivity index (χ4v) is 2.97. The van der Waals surface area contributed by atoms with E-state index in [-0.39, 0.29) is 17.5 Å². The molecule has 0 aromatic carbocycles. The highest BCUT2D eigenvalue weighted by Crippen LogP contribution is 2.48. The highest BCUT2D eigenvalue weighted by Gasteiger charge is 2.51. The Balaban J connectivity index is 1.96. The van der Waals surface area contributed by atoms with Gasteiger partial charge in [-0.05, 0) is 18.9 Å². The maximum Gasteiger partial charge on any atom is 0.229 e. The van der Waals surface area contributed by atoms with Gasteiger partial charge in [-0.1, -0.05) is 0 Å². The number of carbonyl (C=O) groups is 1. The number of hydrogen-bond donors (Lipinski definition) is 2. The Kier molecular flexibility index (Phi) is 3.18. The molecule has 4 rings (SSSR count). The lowest BCUT2D eigenvalue weighted by Crippen LogP contribution is -2.29. The molecule has 3 N–H and O–H groups in total. The van der Waals surface area contributed by atoms with E-state index in [1.807, 2.05) is 12.1 Å². The molecule has 1 aliphatic rings. The van der Waals surface area contributed by atoms with Gasteiger partial charge < -0.3 is 15.5 Å². The van der Waals surface area contributed by atoms with Crippen molar-refractivity contribution in [1.29, 1.82) is 5.26 Å². The van der Waals surface area contributed by atoms with Gasteiger partial charge >= 0.3 is 0 Å². The Labute approximate surface area is 142 Å². The quantitative estimate of drug-likeness (QED) is 0.742. The van der Waals surface area contributed by atoms with Crippen molar-refractivity contribution < 1.29 is 9.21 Å². The van der Waals surface area contributed by atoms with Gasteiger partial charge in [-0.3, -0.25) is 9.78 Å². The standard InChI is InChI=1S/C17H14N6O2/c1-20-14-11-6-21-13(17(2-3-17)16(19)24)4-10(11)12(7-22-14)15-23-9(5-18)8-25-15/h4,6-8H,2-3H2,1H3,(H2,19,24)(H,20,22). The average molecular weight is 334 g/mol. The van der Waals surface area contributed by atoms with Crippen LogP contribution in [0.3, 0.4) is 0 Å². The van der Waals surface area contributed by atoms with Crippen LogP contribution in [0.2, 0.25) is 0 Å². The van der Waals surface area contributed by atoms with Gasteiger partial charge in [0.1, 0.15) is 18.2 Å². The minimum Gasteiger partial charge on any atom is -0.443 e. The van der Waals surface area contributed by atoms with E-state index >= 15 is 0 Å². The fourth-order valence-electron chi connectivity index (χ4n) is 2.97. The van der Waals surface area contributed by atoms with Crippen molar-refractivity contribution in [3.63, 3.8) is 0 Å². The Bertz CT molecular complexity index is 1040. The minimum atomic E-state index is -0.692. The number of carbonyl (C=O) groups excluding carboxylic acids is 1. The molecule has 0 bridgehead atoms. The Hall–Kier alpha value is -3.47. The van der Waals surface area contributed by atoms with E-state index < -0.39 is 5.41 Å². The number of oxazole rings is 1. The van der Waals surface area contributed by atoms with Crippen molar-refractivity contribution >= 4 is 22.5 Å². The smallest absolute Gasteiger partial charge is 0.229 e. The van der Waals surface area contributed by atoms with E-state index in [1.165, 1.54) is 6.26 Å². The molecule has 1 amide bonds. The number of amides is 1. The van der Waals surface area contributed by atoms with Gasteiger partial charge in [-0.2, -0.15) is 10.2 Å². The molecule has 0 unspecified atom stereocenters. The second-order valence-electron chi connectivity index (χ2n) is 5.98. The molecule has 3 aromatic rings. The molecule has 0 saturated heterocycles. The summed E-state index contributed by atoms with van der Waals surface area (Å²) in [5.74, 6) is 0.568. The minimum absolute atomic E-state index is 0.186. The zero-order valence-corrected chi connectivity index (χ0v) is 13.4. The number of anilines is 1. The lowest BCUT2D eigenvalue weighted by atomic mass is 9.98. The Morgan fingerprint density at radius 1 is 1.36 bits per heavy atom. The van der Waals surface area contributed by atoms with E-state index in [1.54, 1.807) is 19.4 Å². The first-order chi connectivity index (χ1) is 12.1. The predicted octanol–water partition coefficient (Wildman–Crippen LogP) is 1.72. The van der Waals surface area contributed by atoms with E-state index in [2.05, 4.69) is 20.3 Å². The van der Waals surface area contributed by atoms with Crippen LogP contribution in [0, 0.1) is 11.3 Å². The number of hydrogen-bond acceptors (Lipinski definition) is 7. The van der Waals surface area contributed by atoms with Gasteiger partial charge in [0.25, 0.3) is 0 Å². The molecule has 8 heteroatoms. The number of rotatable bonds is 4. The molecule has 0 radical (unpaired) electrons. The molecule has 1 fully saturated rings. The predicted molar refractivity (Wildman–Crippen MR) is 89.4 cm³/mol. The van der Waals surface area contributed by atoms with Gasteiger partial charge in [0.2, 0.25) is 11.8 Å². The highest BCUT2D eigenvalue weighted by molar-refractivity contribution is 6.01. The van der Waals surface area contributed by atoms with Crippen molar-refractivity contribution in [3.8, 4) is 17.5 Å². The van der Waals surface area contributed by atoms with Gasteiger partial charge in [0.05, 0.1) is 16.7 Å². The van der Waals surface area contributed by atoms with Crippen molar-refractivity contribution in [1.82, 2.24) is 15.0 Å². The number of aromatic nitrogens is 3. The van der Waals surface area contributed by atoms with E-state index in [4.69, 9.17) is 15.4 Å². The maximum atomic E-state index is 11.8. The second-order valence-corrected chi connectivity index (χ2v) is 5.98. The molecule has 0 atom stereocenters. The van der Waals surface area contributed by atoms with Gasteiger partial charge in [0, 0.05) is 30.2 Å². The highest BCUT2D eigenvalue weighted by atomic mass is 16.3. The largest absolute Gasteiger partial charge is 0.443 e. The SMILES string of the molecule is CNc1ncc(-c2nc(C#N)co2)c2cc(C3(C(N)=O)CC3)ncc12. The van der Waals surface area contributed by atoms with Gasteiger partial charge in [-0.25, -0.2) is 4.98 Å². The summed E-state index contributed by atoms with van der Waals surface area (Å²) in [6.07, 6.45) is 5.97. The number of nitrogens with zero attached hydrogens (tertiary/aromatic N) is 4. The monoisotopic (exact) mass is 334 g/mol. The molecular weight excluding hydrogens is 320 g/mol. The summed E-state index contributed by atoms with van der Waals surface area (Å²) in [7, 11) is 1.76. The third-order valence-corrected chi connectivity index (χ3v) is 4.57. The zero-order chi connectivity index (χ0) is 17.6. The normalized spacial score (nSPS) is 14.9. The fraction of sp³-hybridized carbons (Fsp3) is 0.235. The van der Waals surface area contributed by atoms with Crippen LogP contribution in [0.4, 0.5) is 5.82 Å². The van der Waals surface area contributed by atoms with Crippen LogP contribution >= 0.6 is 0 Å². The third-order valence-electron chi connectivity index (χ3n) is 4.57. The van der Waals surface area contributed by atoms with Crippen LogP contribution in [0.1, 0.15) is 24.2 Å². The summed E-state index contributed by atoms with van der Waals surface area (Å²) in [5, 5.41) is 13.5. The summed E-state index contributed by atoms with van der Waals surface area (Å²) in [4.78, 5) is 24.8. The van der Waals surface area contributed by atoms with Crippen LogP contribution < -0.4 is 11.1 Å². The lowest BCUT2D eigenvalue weighted by molar-refractivity contribution is -0.120. The first-order valence-electron chi connectivity index (χ1n) is 7.72. The van der Waals surface area contributed by atoms with Crippen LogP contribution in [0.25, 0.3) is 22.2 Å². The number of nitriles is 1. The van der Waals surface area contributed by atoms with Gasteiger partial charge in [-0.15, -0.1) is 0 Å². The van der Waals surface area contributed by atoms with Crippen LogP contribution in [0.15, 0.2) is 29.1 Å².